The molecular formula is C13H12F3NO4. The summed E-state index contributed by atoms with van der Waals surface area (Å²) in [6, 6.07) is 3.14. The molecule has 1 saturated carbocycles. The number of hydrogen-bond acceptors (Lipinski definition) is 3. The largest absolute Gasteiger partial charge is 0.497 e. The van der Waals surface area contributed by atoms with Crippen LogP contribution in [0.3, 0.4) is 0 Å². The topological polar surface area (TPSA) is 75.6 Å². The first kappa shape index (κ1) is 15.1. The van der Waals surface area contributed by atoms with Crippen molar-refractivity contribution in [3.63, 3.8) is 0 Å². The van der Waals surface area contributed by atoms with Gasteiger partial charge in [-0.2, -0.15) is 13.2 Å². The summed E-state index contributed by atoms with van der Waals surface area (Å²) in [5.41, 5.74) is -1.45. The van der Waals surface area contributed by atoms with Crippen LogP contribution in [0.15, 0.2) is 18.2 Å². The van der Waals surface area contributed by atoms with Crippen LogP contribution in [0.4, 0.5) is 18.9 Å². The monoisotopic (exact) mass is 303 g/mol. The number of nitrogens with one attached hydrogen (secondary N) is 1. The predicted molar refractivity (Wildman–Crippen MR) is 65.9 cm³/mol. The van der Waals surface area contributed by atoms with E-state index in [1.807, 2.05) is 0 Å². The molecule has 21 heavy (non-hydrogen) atoms. The SMILES string of the molecule is COc1ccc(NC(=O)C2CC2C(=O)O)c(C(F)(F)F)c1. The number of aliphatic carboxylic acids is 1. The highest BCUT2D eigenvalue weighted by atomic mass is 19.4. The van der Waals surface area contributed by atoms with E-state index in [0.717, 1.165) is 12.1 Å². The van der Waals surface area contributed by atoms with Gasteiger partial charge in [-0.15, -0.1) is 0 Å². The lowest BCUT2D eigenvalue weighted by Gasteiger charge is -2.15. The van der Waals surface area contributed by atoms with Crippen molar-refractivity contribution in [3.8, 4) is 5.75 Å². The molecule has 0 aromatic heterocycles. The molecule has 1 aliphatic carbocycles. The van der Waals surface area contributed by atoms with Crippen LogP contribution in [0.5, 0.6) is 5.75 Å². The summed E-state index contributed by atoms with van der Waals surface area (Å²) < 4.78 is 43.5. The highest BCUT2D eigenvalue weighted by molar-refractivity contribution is 5.98. The average Bonchev–Trinajstić information content (AvgIpc) is 3.18. The molecule has 1 aliphatic rings. The van der Waals surface area contributed by atoms with Crippen molar-refractivity contribution in [2.45, 2.75) is 12.6 Å². The second-order valence-corrected chi connectivity index (χ2v) is 4.69. The Morgan fingerprint density at radius 3 is 2.48 bits per heavy atom. The summed E-state index contributed by atoms with van der Waals surface area (Å²) >= 11 is 0. The molecule has 0 spiro atoms. The zero-order valence-corrected chi connectivity index (χ0v) is 10.9. The van der Waals surface area contributed by atoms with Crippen LogP contribution < -0.4 is 10.1 Å². The van der Waals surface area contributed by atoms with Crippen LogP contribution in [0.2, 0.25) is 0 Å². The van der Waals surface area contributed by atoms with Gasteiger partial charge in [0.2, 0.25) is 5.91 Å². The Morgan fingerprint density at radius 1 is 1.33 bits per heavy atom. The van der Waals surface area contributed by atoms with E-state index in [1.165, 1.54) is 13.2 Å². The Hall–Kier alpha value is -2.25. The first-order chi connectivity index (χ1) is 9.74. The van der Waals surface area contributed by atoms with Gasteiger partial charge in [0.05, 0.1) is 30.2 Å². The van der Waals surface area contributed by atoms with Gasteiger partial charge in [0, 0.05) is 0 Å². The molecule has 1 amide bonds. The smallest absolute Gasteiger partial charge is 0.418 e. The maximum absolute atomic E-state index is 12.9. The number of alkyl halides is 3. The second kappa shape index (κ2) is 5.27. The zero-order valence-electron chi connectivity index (χ0n) is 10.9. The summed E-state index contributed by atoms with van der Waals surface area (Å²) in [7, 11) is 1.23. The summed E-state index contributed by atoms with van der Waals surface area (Å²) in [4.78, 5) is 22.4. The minimum atomic E-state index is -4.66. The number of carbonyl (C=O) groups is 2. The number of ether oxygens (including phenoxy) is 1. The molecule has 0 bridgehead atoms. The van der Waals surface area contributed by atoms with E-state index in [2.05, 4.69) is 5.32 Å². The van der Waals surface area contributed by atoms with Gasteiger partial charge in [-0.3, -0.25) is 9.59 Å². The lowest BCUT2D eigenvalue weighted by atomic mass is 10.1. The highest BCUT2D eigenvalue weighted by Crippen LogP contribution is 2.41. The molecule has 2 atom stereocenters. The fourth-order valence-corrected chi connectivity index (χ4v) is 1.98. The molecule has 1 fully saturated rings. The number of methoxy groups -OCH3 is 1. The van der Waals surface area contributed by atoms with Gasteiger partial charge < -0.3 is 15.2 Å². The molecule has 0 saturated heterocycles. The van der Waals surface area contributed by atoms with Crippen molar-refractivity contribution in [1.29, 1.82) is 0 Å². The van der Waals surface area contributed by atoms with Crippen molar-refractivity contribution >= 4 is 17.6 Å². The van der Waals surface area contributed by atoms with Crippen LogP contribution in [-0.4, -0.2) is 24.1 Å². The Labute approximate surface area is 117 Å². The van der Waals surface area contributed by atoms with Gasteiger partial charge in [0.1, 0.15) is 5.75 Å². The number of amides is 1. The van der Waals surface area contributed by atoms with E-state index < -0.39 is 41.1 Å². The summed E-state index contributed by atoms with van der Waals surface area (Å²) in [5.74, 6) is -3.45. The zero-order chi connectivity index (χ0) is 15.8. The molecule has 2 unspecified atom stereocenters. The van der Waals surface area contributed by atoms with Crippen LogP contribution in [0, 0.1) is 11.8 Å². The van der Waals surface area contributed by atoms with E-state index >= 15 is 0 Å². The summed E-state index contributed by atoms with van der Waals surface area (Å²) in [6.07, 6.45) is -4.52. The first-order valence-electron chi connectivity index (χ1n) is 6.03. The molecule has 1 aromatic rings. The third-order valence-corrected chi connectivity index (χ3v) is 3.23. The van der Waals surface area contributed by atoms with Crippen molar-refractivity contribution in [2.75, 3.05) is 12.4 Å². The number of rotatable bonds is 4. The van der Waals surface area contributed by atoms with Crippen molar-refractivity contribution in [2.24, 2.45) is 11.8 Å². The van der Waals surface area contributed by atoms with E-state index in [1.54, 1.807) is 0 Å². The van der Waals surface area contributed by atoms with Crippen LogP contribution in [0.25, 0.3) is 0 Å². The predicted octanol–water partition coefficient (Wildman–Crippen LogP) is 2.37. The van der Waals surface area contributed by atoms with Gasteiger partial charge in [0.15, 0.2) is 0 Å². The fraction of sp³-hybridized carbons (Fsp3) is 0.385. The molecule has 5 nitrogen and oxygen atoms in total. The van der Waals surface area contributed by atoms with Crippen molar-refractivity contribution in [3.05, 3.63) is 23.8 Å². The van der Waals surface area contributed by atoms with Gasteiger partial charge in [-0.05, 0) is 24.6 Å². The Morgan fingerprint density at radius 2 is 2.00 bits per heavy atom. The molecule has 2 rings (SSSR count). The van der Waals surface area contributed by atoms with E-state index in [4.69, 9.17) is 9.84 Å². The molecule has 0 aliphatic heterocycles. The van der Waals surface area contributed by atoms with Crippen molar-refractivity contribution in [1.82, 2.24) is 0 Å². The first-order valence-corrected chi connectivity index (χ1v) is 6.03. The van der Waals surface area contributed by atoms with Gasteiger partial charge in [-0.1, -0.05) is 0 Å². The van der Waals surface area contributed by atoms with Crippen LogP contribution >= 0.6 is 0 Å². The van der Waals surface area contributed by atoms with Crippen LogP contribution in [-0.2, 0) is 15.8 Å². The number of carbonyl (C=O) groups excluding carboxylic acids is 1. The Kier molecular flexibility index (Phi) is 3.80. The van der Waals surface area contributed by atoms with Gasteiger partial charge >= 0.3 is 12.1 Å². The summed E-state index contributed by atoms with van der Waals surface area (Å²) in [6.45, 7) is 0. The van der Waals surface area contributed by atoms with E-state index in [-0.39, 0.29) is 12.2 Å². The number of carboxylic acids is 1. The maximum atomic E-state index is 12.9. The fourth-order valence-electron chi connectivity index (χ4n) is 1.98. The number of carboxylic acid groups (broad SMARTS) is 1. The summed E-state index contributed by atoms with van der Waals surface area (Å²) in [5, 5.41) is 10.9. The van der Waals surface area contributed by atoms with Gasteiger partial charge in [0.25, 0.3) is 0 Å². The molecule has 1 aromatic carbocycles. The number of hydrogen-bond donors (Lipinski definition) is 2. The standard InChI is InChI=1S/C13H12F3NO4/c1-21-6-2-3-10(9(4-6)13(14,15)16)17-11(18)7-5-8(7)12(19)20/h2-4,7-8H,5H2,1H3,(H,17,18)(H,19,20). The Bertz CT molecular complexity index is 585. The third-order valence-electron chi connectivity index (χ3n) is 3.23. The second-order valence-electron chi connectivity index (χ2n) is 4.69. The minimum absolute atomic E-state index is 0.00941. The molecule has 0 radical (unpaired) electrons. The highest BCUT2D eigenvalue weighted by Gasteiger charge is 2.48. The van der Waals surface area contributed by atoms with Crippen molar-refractivity contribution < 1.29 is 32.6 Å². The number of halogens is 3. The lowest BCUT2D eigenvalue weighted by molar-refractivity contribution is -0.140. The molecule has 114 valence electrons. The van der Waals surface area contributed by atoms with E-state index in [0.29, 0.717) is 0 Å². The average molecular weight is 303 g/mol. The third kappa shape index (κ3) is 3.26. The lowest BCUT2D eigenvalue weighted by Crippen LogP contribution is -2.19. The molecule has 0 heterocycles. The normalized spacial score (nSPS) is 20.8. The Balaban J connectivity index is 2.20. The molecule has 2 N–H and O–H groups in total. The minimum Gasteiger partial charge on any atom is -0.497 e. The van der Waals surface area contributed by atoms with E-state index in [9.17, 15) is 22.8 Å². The van der Waals surface area contributed by atoms with Gasteiger partial charge in [-0.25, -0.2) is 0 Å². The molecule has 8 heteroatoms. The molecular weight excluding hydrogens is 291 g/mol. The number of anilines is 1. The number of benzene rings is 1. The van der Waals surface area contributed by atoms with Crippen LogP contribution in [0.1, 0.15) is 12.0 Å². The maximum Gasteiger partial charge on any atom is 0.418 e. The quantitative estimate of drug-likeness (QED) is 0.895.